The molecule has 1 aliphatic rings. The molecule has 0 radical (unpaired) electrons. The van der Waals surface area contributed by atoms with Crippen molar-refractivity contribution < 1.29 is 9.13 Å². The van der Waals surface area contributed by atoms with Crippen molar-refractivity contribution in [2.24, 2.45) is 5.92 Å². The standard InChI is InChI=1S/C16H25FN2O/c1-3-20-16-10-15(14(18)9-13(16)17)19(2)11-12-7-5-4-6-8-12/h9-10,12H,3-8,11,18H2,1-2H3. The predicted octanol–water partition coefficient (Wildman–Crippen LogP) is 3.82. The van der Waals surface area contributed by atoms with Gasteiger partial charge in [0, 0.05) is 25.7 Å². The molecule has 1 saturated carbocycles. The summed E-state index contributed by atoms with van der Waals surface area (Å²) >= 11 is 0. The van der Waals surface area contributed by atoms with Gasteiger partial charge in [-0.25, -0.2) is 4.39 Å². The van der Waals surface area contributed by atoms with E-state index in [0.717, 1.165) is 12.2 Å². The molecule has 0 spiro atoms. The molecule has 1 fully saturated rings. The Kier molecular flexibility index (Phi) is 5.10. The Balaban J connectivity index is 2.11. The quantitative estimate of drug-likeness (QED) is 0.833. The van der Waals surface area contributed by atoms with Gasteiger partial charge >= 0.3 is 0 Å². The lowest BCUT2D eigenvalue weighted by Gasteiger charge is -2.29. The maximum Gasteiger partial charge on any atom is 0.167 e. The predicted molar refractivity (Wildman–Crippen MR) is 81.8 cm³/mol. The zero-order valence-electron chi connectivity index (χ0n) is 12.5. The molecule has 1 aromatic carbocycles. The molecule has 3 nitrogen and oxygen atoms in total. The minimum atomic E-state index is -0.390. The third kappa shape index (κ3) is 3.56. The third-order valence-corrected chi connectivity index (χ3v) is 4.05. The maximum absolute atomic E-state index is 13.7. The van der Waals surface area contributed by atoms with E-state index in [4.69, 9.17) is 10.5 Å². The number of hydrogen-bond acceptors (Lipinski definition) is 3. The largest absolute Gasteiger partial charge is 0.491 e. The van der Waals surface area contributed by atoms with Crippen molar-refractivity contribution in [3.63, 3.8) is 0 Å². The number of hydrogen-bond donors (Lipinski definition) is 1. The molecule has 0 heterocycles. The van der Waals surface area contributed by atoms with Crippen molar-refractivity contribution >= 4 is 11.4 Å². The highest BCUT2D eigenvalue weighted by Gasteiger charge is 2.18. The summed E-state index contributed by atoms with van der Waals surface area (Å²) < 4.78 is 19.0. The highest BCUT2D eigenvalue weighted by atomic mass is 19.1. The number of halogens is 1. The lowest BCUT2D eigenvalue weighted by molar-refractivity contribution is 0.321. The van der Waals surface area contributed by atoms with Crippen LogP contribution in [0, 0.1) is 11.7 Å². The molecule has 0 amide bonds. The summed E-state index contributed by atoms with van der Waals surface area (Å²) in [5.74, 6) is 0.611. The second-order valence-corrected chi connectivity index (χ2v) is 5.66. The summed E-state index contributed by atoms with van der Waals surface area (Å²) in [6.07, 6.45) is 6.56. The fraction of sp³-hybridized carbons (Fsp3) is 0.625. The minimum absolute atomic E-state index is 0.284. The van der Waals surface area contributed by atoms with Crippen LogP contribution in [0.5, 0.6) is 5.75 Å². The highest BCUT2D eigenvalue weighted by Crippen LogP contribution is 2.32. The molecule has 1 aromatic rings. The fourth-order valence-corrected chi connectivity index (χ4v) is 3.01. The summed E-state index contributed by atoms with van der Waals surface area (Å²) in [6.45, 7) is 3.27. The van der Waals surface area contributed by atoms with E-state index >= 15 is 0 Å². The van der Waals surface area contributed by atoms with Crippen molar-refractivity contribution in [1.29, 1.82) is 0 Å². The summed E-state index contributed by atoms with van der Waals surface area (Å²) in [5, 5.41) is 0. The first-order valence-corrected chi connectivity index (χ1v) is 7.54. The number of benzene rings is 1. The van der Waals surface area contributed by atoms with E-state index in [1.54, 1.807) is 6.07 Å². The van der Waals surface area contributed by atoms with Crippen LogP contribution in [0.15, 0.2) is 12.1 Å². The summed E-state index contributed by atoms with van der Waals surface area (Å²) in [7, 11) is 2.02. The lowest BCUT2D eigenvalue weighted by Crippen LogP contribution is -2.27. The molecule has 1 aliphatic carbocycles. The normalized spacial score (nSPS) is 16.1. The smallest absolute Gasteiger partial charge is 0.167 e. The van der Waals surface area contributed by atoms with E-state index in [-0.39, 0.29) is 11.6 Å². The van der Waals surface area contributed by atoms with Crippen LogP contribution < -0.4 is 15.4 Å². The summed E-state index contributed by atoms with van der Waals surface area (Å²) in [6, 6.07) is 3.08. The molecular weight excluding hydrogens is 255 g/mol. The van der Waals surface area contributed by atoms with Crippen molar-refractivity contribution in [3.05, 3.63) is 17.9 Å². The van der Waals surface area contributed by atoms with Gasteiger partial charge in [0.2, 0.25) is 0 Å². The molecule has 2 rings (SSSR count). The molecule has 0 atom stereocenters. The number of anilines is 2. The van der Waals surface area contributed by atoms with Crippen LogP contribution in [0.25, 0.3) is 0 Å². The van der Waals surface area contributed by atoms with Crippen LogP contribution in [-0.4, -0.2) is 20.2 Å². The second-order valence-electron chi connectivity index (χ2n) is 5.66. The number of rotatable bonds is 5. The van der Waals surface area contributed by atoms with Crippen LogP contribution >= 0.6 is 0 Å². The zero-order chi connectivity index (χ0) is 14.5. The SMILES string of the molecule is CCOc1cc(N(C)CC2CCCCC2)c(N)cc1F. The van der Waals surface area contributed by atoms with Crippen molar-refractivity contribution in [3.8, 4) is 5.75 Å². The van der Waals surface area contributed by atoms with Crippen LogP contribution in [-0.2, 0) is 0 Å². The Morgan fingerprint density at radius 2 is 2.00 bits per heavy atom. The second kappa shape index (κ2) is 6.82. The van der Waals surface area contributed by atoms with Gasteiger partial charge in [-0.05, 0) is 25.7 Å². The maximum atomic E-state index is 13.7. The number of nitrogen functional groups attached to an aromatic ring is 1. The number of nitrogens with zero attached hydrogens (tertiary/aromatic N) is 1. The van der Waals surface area contributed by atoms with Gasteiger partial charge in [-0.1, -0.05) is 19.3 Å². The van der Waals surface area contributed by atoms with E-state index in [0.29, 0.717) is 18.2 Å². The highest BCUT2D eigenvalue weighted by molar-refractivity contribution is 5.69. The van der Waals surface area contributed by atoms with Crippen LogP contribution in [0.1, 0.15) is 39.0 Å². The molecule has 112 valence electrons. The zero-order valence-corrected chi connectivity index (χ0v) is 12.5. The monoisotopic (exact) mass is 280 g/mol. The van der Waals surface area contributed by atoms with Gasteiger partial charge in [0.1, 0.15) is 0 Å². The average Bonchev–Trinajstić information content (AvgIpc) is 2.43. The van der Waals surface area contributed by atoms with Crippen molar-refractivity contribution in [1.82, 2.24) is 0 Å². The van der Waals surface area contributed by atoms with Gasteiger partial charge in [-0.3, -0.25) is 0 Å². The first kappa shape index (κ1) is 14.9. The van der Waals surface area contributed by atoms with E-state index in [9.17, 15) is 4.39 Å². The van der Waals surface area contributed by atoms with E-state index in [1.165, 1.54) is 38.2 Å². The Hall–Kier alpha value is -1.45. The Morgan fingerprint density at radius 1 is 1.30 bits per heavy atom. The van der Waals surface area contributed by atoms with E-state index in [1.807, 2.05) is 14.0 Å². The molecule has 0 bridgehead atoms. The van der Waals surface area contributed by atoms with Crippen LogP contribution in [0.3, 0.4) is 0 Å². The molecule has 20 heavy (non-hydrogen) atoms. The van der Waals surface area contributed by atoms with Gasteiger partial charge in [0.15, 0.2) is 11.6 Å². The fourth-order valence-electron chi connectivity index (χ4n) is 3.01. The summed E-state index contributed by atoms with van der Waals surface area (Å²) in [4.78, 5) is 2.13. The molecule has 2 N–H and O–H groups in total. The van der Waals surface area contributed by atoms with Crippen LogP contribution in [0.4, 0.5) is 15.8 Å². The van der Waals surface area contributed by atoms with Gasteiger partial charge in [0.25, 0.3) is 0 Å². The molecule has 0 aromatic heterocycles. The average molecular weight is 280 g/mol. The molecule has 0 unspecified atom stereocenters. The number of ether oxygens (including phenoxy) is 1. The van der Waals surface area contributed by atoms with Crippen molar-refractivity contribution in [2.75, 3.05) is 30.8 Å². The Labute approximate surface area is 120 Å². The Morgan fingerprint density at radius 3 is 2.65 bits per heavy atom. The lowest BCUT2D eigenvalue weighted by atomic mass is 9.89. The van der Waals surface area contributed by atoms with E-state index < -0.39 is 0 Å². The first-order chi connectivity index (χ1) is 9.61. The van der Waals surface area contributed by atoms with Gasteiger partial charge < -0.3 is 15.4 Å². The third-order valence-electron chi connectivity index (χ3n) is 4.05. The van der Waals surface area contributed by atoms with Gasteiger partial charge in [0.05, 0.1) is 18.0 Å². The van der Waals surface area contributed by atoms with E-state index in [2.05, 4.69) is 4.90 Å². The number of nitrogens with two attached hydrogens (primary N) is 1. The Bertz CT molecular complexity index is 444. The molecule has 0 saturated heterocycles. The summed E-state index contributed by atoms with van der Waals surface area (Å²) in [5.41, 5.74) is 7.29. The van der Waals surface area contributed by atoms with Crippen molar-refractivity contribution in [2.45, 2.75) is 39.0 Å². The molecule has 0 aliphatic heterocycles. The topological polar surface area (TPSA) is 38.5 Å². The minimum Gasteiger partial charge on any atom is -0.491 e. The molecule has 4 heteroatoms. The first-order valence-electron chi connectivity index (χ1n) is 7.54. The van der Waals surface area contributed by atoms with Crippen LogP contribution in [0.2, 0.25) is 0 Å². The molecular formula is C16H25FN2O. The van der Waals surface area contributed by atoms with Gasteiger partial charge in [-0.15, -0.1) is 0 Å². The van der Waals surface area contributed by atoms with Gasteiger partial charge in [-0.2, -0.15) is 0 Å².